The topological polar surface area (TPSA) is 49.9 Å². The number of rotatable bonds is 3. The zero-order valence-corrected chi connectivity index (χ0v) is 17.0. The Morgan fingerprint density at radius 2 is 1.52 bits per heavy atom. The normalized spacial score (nSPS) is 16.7. The van der Waals surface area contributed by atoms with Crippen LogP contribution < -0.4 is 4.90 Å². The smallest absolute Gasteiger partial charge is 0.337 e. The Morgan fingerprint density at radius 3 is 2.24 bits per heavy atom. The lowest BCUT2D eigenvalue weighted by molar-refractivity contribution is 0.0600. The first kappa shape index (κ1) is 19.5. The summed E-state index contributed by atoms with van der Waals surface area (Å²) in [5, 5.41) is 0. The van der Waals surface area contributed by atoms with Crippen molar-refractivity contribution in [3.8, 4) is 0 Å². The van der Waals surface area contributed by atoms with Crippen molar-refractivity contribution in [1.29, 1.82) is 0 Å². The van der Waals surface area contributed by atoms with Gasteiger partial charge in [0.2, 0.25) is 0 Å². The molecular formula is C24H28N2O3. The summed E-state index contributed by atoms with van der Waals surface area (Å²) in [7, 11) is 1.39. The zero-order chi connectivity index (χ0) is 20.2. The maximum absolute atomic E-state index is 12.9. The second kappa shape index (κ2) is 8.68. The SMILES string of the molecule is COC(=O)c1ccc(N2CCCCc3cc(C(=O)N4CCCCC4)ccc32)cc1. The van der Waals surface area contributed by atoms with Gasteiger partial charge in [0.1, 0.15) is 0 Å². The number of likely N-dealkylation sites (tertiary alicyclic amines) is 1. The summed E-state index contributed by atoms with van der Waals surface area (Å²) >= 11 is 0. The maximum Gasteiger partial charge on any atom is 0.337 e. The molecule has 2 heterocycles. The van der Waals surface area contributed by atoms with Gasteiger partial charge >= 0.3 is 5.97 Å². The predicted molar refractivity (Wildman–Crippen MR) is 114 cm³/mol. The number of carbonyl (C=O) groups is 2. The summed E-state index contributed by atoms with van der Waals surface area (Å²) in [5.74, 6) is -0.167. The van der Waals surface area contributed by atoms with E-state index in [0.29, 0.717) is 5.56 Å². The molecule has 0 bridgehead atoms. The fourth-order valence-corrected chi connectivity index (χ4v) is 4.33. The van der Waals surface area contributed by atoms with Crippen LogP contribution in [-0.4, -0.2) is 43.5 Å². The van der Waals surface area contributed by atoms with Crippen molar-refractivity contribution in [3.05, 3.63) is 59.2 Å². The van der Waals surface area contributed by atoms with Gasteiger partial charge in [-0.2, -0.15) is 0 Å². The number of piperidine rings is 1. The maximum atomic E-state index is 12.9. The van der Waals surface area contributed by atoms with Crippen LogP contribution >= 0.6 is 0 Å². The summed E-state index contributed by atoms with van der Waals surface area (Å²) in [6.07, 6.45) is 6.59. The van der Waals surface area contributed by atoms with E-state index in [4.69, 9.17) is 4.74 Å². The lowest BCUT2D eigenvalue weighted by Crippen LogP contribution is -2.35. The number of anilines is 2. The minimum absolute atomic E-state index is 0.158. The molecule has 0 saturated carbocycles. The Labute approximate surface area is 172 Å². The number of aryl methyl sites for hydroxylation is 1. The third-order valence-electron chi connectivity index (χ3n) is 5.94. The molecule has 0 radical (unpaired) electrons. The first-order valence-corrected chi connectivity index (χ1v) is 10.6. The van der Waals surface area contributed by atoms with Gasteiger partial charge in [-0.1, -0.05) is 0 Å². The van der Waals surface area contributed by atoms with Crippen molar-refractivity contribution in [2.24, 2.45) is 0 Å². The average molecular weight is 392 g/mol. The molecule has 2 aromatic rings. The summed E-state index contributed by atoms with van der Waals surface area (Å²) in [6.45, 7) is 2.66. The van der Waals surface area contributed by atoms with Gasteiger partial charge < -0.3 is 14.5 Å². The quantitative estimate of drug-likeness (QED) is 0.718. The Morgan fingerprint density at radius 1 is 0.828 bits per heavy atom. The van der Waals surface area contributed by atoms with Crippen molar-refractivity contribution in [2.45, 2.75) is 38.5 Å². The van der Waals surface area contributed by atoms with E-state index >= 15 is 0 Å². The van der Waals surface area contributed by atoms with Crippen LogP contribution in [0.25, 0.3) is 0 Å². The molecule has 1 amide bonds. The van der Waals surface area contributed by atoms with Crippen molar-refractivity contribution in [3.63, 3.8) is 0 Å². The lowest BCUT2D eigenvalue weighted by Gasteiger charge is -2.28. The summed E-state index contributed by atoms with van der Waals surface area (Å²) < 4.78 is 4.79. The number of amides is 1. The van der Waals surface area contributed by atoms with Gasteiger partial charge in [-0.3, -0.25) is 4.79 Å². The minimum Gasteiger partial charge on any atom is -0.465 e. The number of hydrogen-bond acceptors (Lipinski definition) is 4. The van der Waals surface area contributed by atoms with E-state index in [-0.39, 0.29) is 11.9 Å². The summed E-state index contributed by atoms with van der Waals surface area (Å²) in [5.41, 5.74) is 4.78. The Bertz CT molecular complexity index is 885. The number of hydrogen-bond donors (Lipinski definition) is 0. The monoisotopic (exact) mass is 392 g/mol. The Hall–Kier alpha value is -2.82. The molecule has 0 unspecified atom stereocenters. The van der Waals surface area contributed by atoms with Crippen LogP contribution in [-0.2, 0) is 11.2 Å². The van der Waals surface area contributed by atoms with E-state index in [0.717, 1.165) is 68.7 Å². The molecule has 2 aromatic carbocycles. The second-order valence-corrected chi connectivity index (χ2v) is 7.84. The van der Waals surface area contributed by atoms with Gasteiger partial charge in [0.05, 0.1) is 12.7 Å². The number of nitrogens with zero attached hydrogens (tertiary/aromatic N) is 2. The molecule has 5 heteroatoms. The molecule has 1 saturated heterocycles. The van der Waals surface area contributed by atoms with E-state index in [9.17, 15) is 9.59 Å². The fraction of sp³-hybridized carbons (Fsp3) is 0.417. The van der Waals surface area contributed by atoms with Crippen LogP contribution in [0.15, 0.2) is 42.5 Å². The molecule has 5 nitrogen and oxygen atoms in total. The average Bonchev–Trinajstić information content (AvgIpc) is 3.00. The van der Waals surface area contributed by atoms with E-state index in [2.05, 4.69) is 17.0 Å². The lowest BCUT2D eigenvalue weighted by atomic mass is 10.0. The molecule has 0 N–H and O–H groups in total. The van der Waals surface area contributed by atoms with Crippen molar-refractivity contribution < 1.29 is 14.3 Å². The molecule has 0 aromatic heterocycles. The third kappa shape index (κ3) is 4.14. The van der Waals surface area contributed by atoms with Crippen LogP contribution in [0.5, 0.6) is 0 Å². The van der Waals surface area contributed by atoms with E-state index < -0.39 is 0 Å². The van der Waals surface area contributed by atoms with Crippen LogP contribution in [0.2, 0.25) is 0 Å². The molecule has 29 heavy (non-hydrogen) atoms. The summed E-state index contributed by atoms with van der Waals surface area (Å²) in [6, 6.07) is 13.7. The number of fused-ring (bicyclic) bond motifs is 1. The Kier molecular flexibility index (Phi) is 5.84. The van der Waals surface area contributed by atoms with Crippen LogP contribution in [0.3, 0.4) is 0 Å². The number of benzene rings is 2. The molecule has 0 aliphatic carbocycles. The minimum atomic E-state index is -0.325. The van der Waals surface area contributed by atoms with Gasteiger partial charge in [0, 0.05) is 36.6 Å². The highest BCUT2D eigenvalue weighted by atomic mass is 16.5. The standard InChI is InChI=1S/C24H28N2O3/c1-29-24(28)18-8-11-21(12-9-18)26-16-6-3-7-19-17-20(10-13-22(19)26)23(27)25-14-4-2-5-15-25/h8-13,17H,2-7,14-16H2,1H3. The molecule has 1 fully saturated rings. The third-order valence-corrected chi connectivity index (χ3v) is 5.94. The molecule has 2 aliphatic rings. The van der Waals surface area contributed by atoms with Crippen LogP contribution in [0, 0.1) is 0 Å². The Balaban J connectivity index is 1.61. The van der Waals surface area contributed by atoms with Crippen molar-refractivity contribution in [2.75, 3.05) is 31.6 Å². The van der Waals surface area contributed by atoms with E-state index in [1.54, 1.807) is 12.1 Å². The van der Waals surface area contributed by atoms with Crippen molar-refractivity contribution in [1.82, 2.24) is 4.90 Å². The largest absolute Gasteiger partial charge is 0.465 e. The van der Waals surface area contributed by atoms with E-state index in [1.165, 1.54) is 19.1 Å². The highest BCUT2D eigenvalue weighted by Crippen LogP contribution is 2.34. The molecule has 0 spiro atoms. The van der Waals surface area contributed by atoms with Gasteiger partial charge in [-0.15, -0.1) is 0 Å². The number of esters is 1. The molecule has 4 rings (SSSR count). The number of carbonyl (C=O) groups excluding carboxylic acids is 2. The van der Waals surface area contributed by atoms with Gasteiger partial charge in [0.25, 0.3) is 5.91 Å². The molecule has 152 valence electrons. The second-order valence-electron chi connectivity index (χ2n) is 7.84. The van der Waals surface area contributed by atoms with Crippen molar-refractivity contribution >= 4 is 23.3 Å². The highest BCUT2D eigenvalue weighted by Gasteiger charge is 2.22. The van der Waals surface area contributed by atoms with Gasteiger partial charge in [-0.25, -0.2) is 4.79 Å². The molecule has 0 atom stereocenters. The number of ether oxygens (including phenoxy) is 1. The van der Waals surface area contributed by atoms with Gasteiger partial charge in [-0.05, 0) is 86.6 Å². The summed E-state index contributed by atoms with van der Waals surface area (Å²) in [4.78, 5) is 28.9. The highest BCUT2D eigenvalue weighted by molar-refractivity contribution is 5.95. The zero-order valence-electron chi connectivity index (χ0n) is 17.0. The molecular weight excluding hydrogens is 364 g/mol. The fourth-order valence-electron chi connectivity index (χ4n) is 4.33. The van der Waals surface area contributed by atoms with Crippen LogP contribution in [0.4, 0.5) is 11.4 Å². The first-order valence-electron chi connectivity index (χ1n) is 10.6. The first-order chi connectivity index (χ1) is 14.2. The van der Waals surface area contributed by atoms with Crippen LogP contribution in [0.1, 0.15) is 58.4 Å². The predicted octanol–water partition coefficient (Wildman–Crippen LogP) is 4.57. The van der Waals surface area contributed by atoms with E-state index in [1.807, 2.05) is 23.1 Å². The number of methoxy groups -OCH3 is 1. The van der Waals surface area contributed by atoms with Gasteiger partial charge in [0.15, 0.2) is 0 Å². The molecule has 2 aliphatic heterocycles.